The van der Waals surface area contributed by atoms with Gasteiger partial charge in [0.05, 0.1) is 6.10 Å². The van der Waals surface area contributed by atoms with Crippen LogP contribution in [0.25, 0.3) is 0 Å². The van der Waals surface area contributed by atoms with Crippen molar-refractivity contribution in [2.24, 2.45) is 5.92 Å². The lowest BCUT2D eigenvalue weighted by molar-refractivity contribution is 0.125. The van der Waals surface area contributed by atoms with E-state index in [1.165, 1.54) is 45.3 Å². The lowest BCUT2D eigenvalue weighted by Gasteiger charge is -2.34. The lowest BCUT2D eigenvalue weighted by Crippen LogP contribution is -2.43. The van der Waals surface area contributed by atoms with E-state index in [0.29, 0.717) is 0 Å². The Balaban J connectivity index is 1.82. The van der Waals surface area contributed by atoms with Gasteiger partial charge in [0.2, 0.25) is 0 Å². The van der Waals surface area contributed by atoms with Crippen LogP contribution in [0, 0.1) is 5.92 Å². The van der Waals surface area contributed by atoms with Crippen molar-refractivity contribution in [1.82, 2.24) is 10.2 Å². The standard InChI is InChI=1S/C13H26N2O/c1-11(16)6-9-15-8-3-5-13(15)12-4-2-7-14-10-12/h11-14,16H,2-10H2,1H3. The Morgan fingerprint density at radius 1 is 1.38 bits per heavy atom. The summed E-state index contributed by atoms with van der Waals surface area (Å²) in [6.07, 6.45) is 6.23. The van der Waals surface area contributed by atoms with Crippen LogP contribution in [0.3, 0.4) is 0 Å². The van der Waals surface area contributed by atoms with Crippen LogP contribution in [0.2, 0.25) is 0 Å². The molecule has 0 spiro atoms. The number of hydrogen-bond donors (Lipinski definition) is 2. The summed E-state index contributed by atoms with van der Waals surface area (Å²) < 4.78 is 0. The summed E-state index contributed by atoms with van der Waals surface area (Å²) in [7, 11) is 0. The molecule has 2 N–H and O–H groups in total. The molecule has 0 aromatic rings. The number of nitrogens with one attached hydrogen (secondary N) is 1. The first kappa shape index (κ1) is 12.3. The van der Waals surface area contributed by atoms with Crippen molar-refractivity contribution in [3.05, 3.63) is 0 Å². The molecule has 94 valence electrons. The van der Waals surface area contributed by atoms with Gasteiger partial charge in [-0.1, -0.05) is 0 Å². The molecule has 0 amide bonds. The Hall–Kier alpha value is -0.120. The Labute approximate surface area is 99.2 Å². The van der Waals surface area contributed by atoms with Crippen LogP contribution in [0.5, 0.6) is 0 Å². The molecule has 2 aliphatic rings. The molecule has 0 aromatic carbocycles. The maximum Gasteiger partial charge on any atom is 0.0524 e. The van der Waals surface area contributed by atoms with E-state index >= 15 is 0 Å². The Morgan fingerprint density at radius 2 is 2.25 bits per heavy atom. The third-order valence-corrected chi connectivity index (χ3v) is 4.13. The molecule has 2 aliphatic heterocycles. The predicted octanol–water partition coefficient (Wildman–Crippen LogP) is 1.22. The number of aliphatic hydroxyl groups is 1. The number of rotatable bonds is 4. The number of aliphatic hydroxyl groups excluding tert-OH is 1. The van der Waals surface area contributed by atoms with Crippen LogP contribution in [-0.4, -0.2) is 48.3 Å². The zero-order valence-corrected chi connectivity index (χ0v) is 10.5. The fourth-order valence-electron chi connectivity index (χ4n) is 3.22. The molecule has 0 radical (unpaired) electrons. The molecule has 0 aromatic heterocycles. The second-order valence-corrected chi connectivity index (χ2v) is 5.49. The highest BCUT2D eigenvalue weighted by molar-refractivity contribution is 4.87. The summed E-state index contributed by atoms with van der Waals surface area (Å²) in [5.74, 6) is 0.852. The maximum absolute atomic E-state index is 9.37. The molecule has 0 saturated carbocycles. The van der Waals surface area contributed by atoms with Crippen LogP contribution in [0.1, 0.15) is 39.0 Å². The van der Waals surface area contributed by atoms with E-state index in [4.69, 9.17) is 0 Å². The predicted molar refractivity (Wildman–Crippen MR) is 66.5 cm³/mol. The molecular formula is C13H26N2O. The molecule has 0 bridgehead atoms. The maximum atomic E-state index is 9.37. The van der Waals surface area contributed by atoms with Crippen molar-refractivity contribution in [3.8, 4) is 0 Å². The van der Waals surface area contributed by atoms with Gasteiger partial charge in [-0.15, -0.1) is 0 Å². The molecule has 2 rings (SSSR count). The van der Waals surface area contributed by atoms with E-state index < -0.39 is 0 Å². The van der Waals surface area contributed by atoms with Gasteiger partial charge in [-0.2, -0.15) is 0 Å². The molecule has 0 aliphatic carbocycles. The van der Waals surface area contributed by atoms with Crippen LogP contribution in [-0.2, 0) is 0 Å². The molecule has 3 nitrogen and oxygen atoms in total. The third kappa shape index (κ3) is 3.19. The van der Waals surface area contributed by atoms with Gasteiger partial charge in [0.15, 0.2) is 0 Å². The fraction of sp³-hybridized carbons (Fsp3) is 1.00. The highest BCUT2D eigenvalue weighted by atomic mass is 16.3. The highest BCUT2D eigenvalue weighted by Gasteiger charge is 2.31. The van der Waals surface area contributed by atoms with E-state index in [0.717, 1.165) is 24.9 Å². The number of nitrogens with zero attached hydrogens (tertiary/aromatic N) is 1. The topological polar surface area (TPSA) is 35.5 Å². The van der Waals surface area contributed by atoms with Gasteiger partial charge in [0.1, 0.15) is 0 Å². The normalized spacial score (nSPS) is 34.1. The monoisotopic (exact) mass is 226 g/mol. The second-order valence-electron chi connectivity index (χ2n) is 5.49. The molecule has 3 heteroatoms. The summed E-state index contributed by atoms with van der Waals surface area (Å²) in [6.45, 7) is 6.63. The Morgan fingerprint density at radius 3 is 2.94 bits per heavy atom. The summed E-state index contributed by atoms with van der Waals surface area (Å²) in [4.78, 5) is 2.62. The summed E-state index contributed by atoms with van der Waals surface area (Å²) >= 11 is 0. The quantitative estimate of drug-likeness (QED) is 0.756. The number of hydrogen-bond acceptors (Lipinski definition) is 3. The van der Waals surface area contributed by atoms with Crippen molar-refractivity contribution in [1.29, 1.82) is 0 Å². The molecule has 3 atom stereocenters. The van der Waals surface area contributed by atoms with Crippen molar-refractivity contribution < 1.29 is 5.11 Å². The molecule has 2 saturated heterocycles. The van der Waals surface area contributed by atoms with Gasteiger partial charge in [0, 0.05) is 12.6 Å². The van der Waals surface area contributed by atoms with Gasteiger partial charge in [-0.25, -0.2) is 0 Å². The molecular weight excluding hydrogens is 200 g/mol. The van der Waals surface area contributed by atoms with E-state index in [1.807, 2.05) is 6.92 Å². The average molecular weight is 226 g/mol. The smallest absolute Gasteiger partial charge is 0.0524 e. The zero-order chi connectivity index (χ0) is 11.4. The van der Waals surface area contributed by atoms with Gasteiger partial charge >= 0.3 is 0 Å². The minimum absolute atomic E-state index is 0.147. The second kappa shape index (κ2) is 5.99. The average Bonchev–Trinajstić information content (AvgIpc) is 2.75. The first-order valence-corrected chi connectivity index (χ1v) is 6.90. The first-order valence-electron chi connectivity index (χ1n) is 6.90. The van der Waals surface area contributed by atoms with Crippen molar-refractivity contribution in [3.63, 3.8) is 0 Å². The van der Waals surface area contributed by atoms with Gasteiger partial charge < -0.3 is 10.4 Å². The lowest BCUT2D eigenvalue weighted by atomic mass is 9.90. The van der Waals surface area contributed by atoms with E-state index in [1.54, 1.807) is 0 Å². The summed E-state index contributed by atoms with van der Waals surface area (Å²) in [5, 5.41) is 12.9. The fourth-order valence-corrected chi connectivity index (χ4v) is 3.22. The SMILES string of the molecule is CC(O)CCN1CCCC1C1CCCNC1. The molecule has 3 unspecified atom stereocenters. The van der Waals surface area contributed by atoms with E-state index in [-0.39, 0.29) is 6.10 Å². The zero-order valence-electron chi connectivity index (χ0n) is 10.5. The summed E-state index contributed by atoms with van der Waals surface area (Å²) in [6, 6.07) is 0.784. The Kier molecular flexibility index (Phi) is 4.62. The van der Waals surface area contributed by atoms with Gasteiger partial charge in [0.25, 0.3) is 0 Å². The number of likely N-dealkylation sites (tertiary alicyclic amines) is 1. The summed E-state index contributed by atoms with van der Waals surface area (Å²) in [5.41, 5.74) is 0. The van der Waals surface area contributed by atoms with Crippen molar-refractivity contribution >= 4 is 0 Å². The number of piperidine rings is 1. The highest BCUT2D eigenvalue weighted by Crippen LogP contribution is 2.28. The molecule has 2 heterocycles. The van der Waals surface area contributed by atoms with E-state index in [9.17, 15) is 5.11 Å². The molecule has 2 fully saturated rings. The van der Waals surface area contributed by atoms with Crippen LogP contribution >= 0.6 is 0 Å². The minimum Gasteiger partial charge on any atom is -0.393 e. The van der Waals surface area contributed by atoms with E-state index in [2.05, 4.69) is 10.2 Å². The van der Waals surface area contributed by atoms with Crippen LogP contribution < -0.4 is 5.32 Å². The first-order chi connectivity index (χ1) is 7.77. The third-order valence-electron chi connectivity index (χ3n) is 4.13. The minimum atomic E-state index is -0.147. The van der Waals surface area contributed by atoms with Gasteiger partial charge in [-0.05, 0) is 64.6 Å². The van der Waals surface area contributed by atoms with Crippen molar-refractivity contribution in [2.75, 3.05) is 26.2 Å². The van der Waals surface area contributed by atoms with Crippen LogP contribution in [0.4, 0.5) is 0 Å². The molecule has 16 heavy (non-hydrogen) atoms. The van der Waals surface area contributed by atoms with Gasteiger partial charge in [-0.3, -0.25) is 4.90 Å². The Bertz CT molecular complexity index is 202. The largest absolute Gasteiger partial charge is 0.393 e. The van der Waals surface area contributed by atoms with Crippen LogP contribution in [0.15, 0.2) is 0 Å². The van der Waals surface area contributed by atoms with Crippen molar-refractivity contribution in [2.45, 2.75) is 51.2 Å².